The molecule has 1 N–H and O–H groups in total. The van der Waals surface area contributed by atoms with Gasteiger partial charge in [0.15, 0.2) is 6.10 Å². The lowest BCUT2D eigenvalue weighted by atomic mass is 10.0. The number of hydrogen-bond donors (Lipinski definition) is 1. The topological polar surface area (TPSA) is 108 Å². The molecule has 474 valence electrons. The second-order valence-corrected chi connectivity index (χ2v) is 25.3. The van der Waals surface area contributed by atoms with Gasteiger partial charge in [-0.05, 0) is 96.3 Å². The van der Waals surface area contributed by atoms with Crippen molar-refractivity contribution in [3.05, 3.63) is 97.2 Å². The molecule has 0 rings (SSSR count). The summed E-state index contributed by atoms with van der Waals surface area (Å²) in [4.78, 5) is 35.8. The molecular weight excluding hydrogens is 1040 g/mol. The van der Waals surface area contributed by atoms with E-state index in [1.807, 2.05) is 21.1 Å². The molecule has 0 heterocycles. The summed E-state index contributed by atoms with van der Waals surface area (Å²) in [5.41, 5.74) is 0. The van der Waals surface area contributed by atoms with Gasteiger partial charge in [0.05, 0.1) is 27.7 Å². The van der Waals surface area contributed by atoms with Gasteiger partial charge in [-0.2, -0.15) is 0 Å². The van der Waals surface area contributed by atoms with E-state index in [0.717, 1.165) is 89.9 Å². The number of carbonyl (C=O) groups is 2. The molecular formula is C72H129NO8P+. The highest BCUT2D eigenvalue weighted by molar-refractivity contribution is 7.47. The quantitative estimate of drug-likeness (QED) is 0.0211. The van der Waals surface area contributed by atoms with Crippen LogP contribution in [0, 0.1) is 0 Å². The van der Waals surface area contributed by atoms with Gasteiger partial charge in [0, 0.05) is 12.8 Å². The number of carbonyl (C=O) groups excluding carboxylic acids is 2. The summed E-state index contributed by atoms with van der Waals surface area (Å²) in [7, 11) is 1.47. The Kier molecular flexibility index (Phi) is 60.1. The Morgan fingerprint density at radius 2 is 0.695 bits per heavy atom. The highest BCUT2D eigenvalue weighted by atomic mass is 31.2. The van der Waals surface area contributed by atoms with E-state index in [0.29, 0.717) is 17.4 Å². The van der Waals surface area contributed by atoms with Gasteiger partial charge in [-0.1, -0.05) is 284 Å². The summed E-state index contributed by atoms with van der Waals surface area (Å²) in [6, 6.07) is 0. The summed E-state index contributed by atoms with van der Waals surface area (Å²) in [6.07, 6.45) is 86.4. The van der Waals surface area contributed by atoms with E-state index in [9.17, 15) is 19.0 Å². The van der Waals surface area contributed by atoms with Gasteiger partial charge >= 0.3 is 19.8 Å². The van der Waals surface area contributed by atoms with E-state index in [-0.39, 0.29) is 32.0 Å². The Morgan fingerprint density at radius 3 is 1.04 bits per heavy atom. The molecule has 0 saturated heterocycles. The van der Waals surface area contributed by atoms with E-state index in [1.165, 1.54) is 173 Å². The number of likely N-dealkylation sites (N-methyl/N-ethyl adjacent to an activating group) is 1. The zero-order valence-electron chi connectivity index (χ0n) is 54.0. The van der Waals surface area contributed by atoms with Crippen LogP contribution in [0.3, 0.4) is 0 Å². The maximum Gasteiger partial charge on any atom is 0.472 e. The number of unbranched alkanes of at least 4 members (excludes halogenated alkanes) is 32. The third-order valence-corrected chi connectivity index (χ3v) is 15.6. The Bertz CT molecular complexity index is 1710. The van der Waals surface area contributed by atoms with E-state index < -0.39 is 26.5 Å². The van der Waals surface area contributed by atoms with Crippen molar-refractivity contribution in [1.29, 1.82) is 0 Å². The summed E-state index contributed by atoms with van der Waals surface area (Å²) >= 11 is 0. The van der Waals surface area contributed by atoms with Gasteiger partial charge in [0.1, 0.15) is 19.8 Å². The maximum atomic E-state index is 12.9. The van der Waals surface area contributed by atoms with Crippen molar-refractivity contribution in [2.24, 2.45) is 0 Å². The monoisotopic (exact) mass is 1170 g/mol. The average Bonchev–Trinajstić information content (AvgIpc) is 3.45. The number of allylic oxidation sites excluding steroid dienone is 16. The molecule has 82 heavy (non-hydrogen) atoms. The molecule has 0 fully saturated rings. The minimum atomic E-state index is -4.40. The molecule has 0 spiro atoms. The highest BCUT2D eigenvalue weighted by Gasteiger charge is 2.27. The molecule has 9 nitrogen and oxygen atoms in total. The molecule has 0 bridgehead atoms. The van der Waals surface area contributed by atoms with Crippen molar-refractivity contribution in [2.75, 3.05) is 47.5 Å². The fourth-order valence-corrected chi connectivity index (χ4v) is 10.1. The summed E-state index contributed by atoms with van der Waals surface area (Å²) < 4.78 is 34.7. The number of esters is 2. The lowest BCUT2D eigenvalue weighted by Gasteiger charge is -2.24. The van der Waals surface area contributed by atoms with E-state index >= 15 is 0 Å². The normalized spacial score (nSPS) is 13.8. The van der Waals surface area contributed by atoms with E-state index in [2.05, 4.69) is 111 Å². The predicted octanol–water partition coefficient (Wildman–Crippen LogP) is 21.9. The number of phosphoric ester groups is 1. The number of ether oxygens (including phenoxy) is 2. The third kappa shape index (κ3) is 66.1. The number of nitrogens with zero attached hydrogens (tertiary/aromatic N) is 1. The van der Waals surface area contributed by atoms with Crippen LogP contribution in [0.5, 0.6) is 0 Å². The molecule has 10 heteroatoms. The van der Waals surface area contributed by atoms with Crippen molar-refractivity contribution in [2.45, 2.75) is 302 Å². The molecule has 0 saturated carbocycles. The van der Waals surface area contributed by atoms with Crippen molar-refractivity contribution in [1.82, 2.24) is 0 Å². The largest absolute Gasteiger partial charge is 0.472 e. The minimum Gasteiger partial charge on any atom is -0.462 e. The molecule has 0 aliphatic heterocycles. The van der Waals surface area contributed by atoms with E-state index in [4.69, 9.17) is 18.5 Å². The third-order valence-electron chi connectivity index (χ3n) is 14.6. The SMILES string of the molecule is CC/C=C\C/C=C\C/C=C\C/C=C\C/C=C\CCCCCCCCCCCCCCCCCCCCCC(=O)OC(COC(=O)CCCCCCCCCC/C=C\C/C=C\C/C=C\CCCCCCC)COP(=O)(O)OCC[N+](C)(C)C. The molecule has 0 aromatic rings. The summed E-state index contributed by atoms with van der Waals surface area (Å²) in [5.74, 6) is -0.798. The lowest BCUT2D eigenvalue weighted by Crippen LogP contribution is -2.37. The van der Waals surface area contributed by atoms with E-state index in [1.54, 1.807) is 0 Å². The van der Waals surface area contributed by atoms with Crippen LogP contribution in [0.2, 0.25) is 0 Å². The summed E-state index contributed by atoms with van der Waals surface area (Å²) in [6.45, 7) is 4.33. The van der Waals surface area contributed by atoms with Crippen LogP contribution in [0.1, 0.15) is 296 Å². The molecule has 0 aromatic carbocycles. The first-order valence-electron chi connectivity index (χ1n) is 34.0. The highest BCUT2D eigenvalue weighted by Crippen LogP contribution is 2.43. The smallest absolute Gasteiger partial charge is 0.462 e. The van der Waals surface area contributed by atoms with Gasteiger partial charge in [0.2, 0.25) is 0 Å². The molecule has 2 unspecified atom stereocenters. The number of hydrogen-bond acceptors (Lipinski definition) is 7. The second-order valence-electron chi connectivity index (χ2n) is 23.8. The van der Waals surface area contributed by atoms with Gasteiger partial charge < -0.3 is 18.9 Å². The number of phosphoric acid groups is 1. The zero-order valence-corrected chi connectivity index (χ0v) is 54.8. The van der Waals surface area contributed by atoms with Gasteiger partial charge in [-0.25, -0.2) is 4.57 Å². The van der Waals surface area contributed by atoms with Gasteiger partial charge in [-0.15, -0.1) is 0 Å². The Morgan fingerprint density at radius 1 is 0.390 bits per heavy atom. The van der Waals surface area contributed by atoms with Crippen LogP contribution in [-0.2, 0) is 32.7 Å². The van der Waals surface area contributed by atoms with Crippen molar-refractivity contribution in [3.63, 3.8) is 0 Å². The van der Waals surface area contributed by atoms with Crippen molar-refractivity contribution in [3.8, 4) is 0 Å². The first kappa shape index (κ1) is 78.9. The zero-order chi connectivity index (χ0) is 59.8. The molecule has 0 aliphatic carbocycles. The summed E-state index contributed by atoms with van der Waals surface area (Å²) in [5, 5.41) is 0. The first-order chi connectivity index (χ1) is 40.0. The van der Waals surface area contributed by atoms with Crippen molar-refractivity contribution >= 4 is 19.8 Å². The van der Waals surface area contributed by atoms with Crippen molar-refractivity contribution < 1.29 is 42.1 Å². The molecule has 0 aliphatic rings. The van der Waals surface area contributed by atoms with Crippen LogP contribution in [0.15, 0.2) is 97.2 Å². The average molecular weight is 1170 g/mol. The molecule has 0 aromatic heterocycles. The first-order valence-corrected chi connectivity index (χ1v) is 35.5. The van der Waals surface area contributed by atoms with Crippen LogP contribution in [0.4, 0.5) is 0 Å². The minimum absolute atomic E-state index is 0.0282. The Labute approximate surface area is 506 Å². The molecule has 0 amide bonds. The van der Waals surface area contributed by atoms with Crippen LogP contribution in [-0.4, -0.2) is 74.9 Å². The Hall–Kier alpha value is -3.07. The Balaban J connectivity index is 4.04. The fraction of sp³-hybridized carbons (Fsp3) is 0.750. The fourth-order valence-electron chi connectivity index (χ4n) is 9.40. The second kappa shape index (κ2) is 62.5. The molecule has 2 atom stereocenters. The van der Waals surface area contributed by atoms with Gasteiger partial charge in [0.25, 0.3) is 0 Å². The lowest BCUT2D eigenvalue weighted by molar-refractivity contribution is -0.870. The standard InChI is InChI=1S/C72H128NO8P/c1-6-8-10-12-14-16-18-20-22-24-26-28-30-31-32-33-34-35-36-37-38-39-40-41-43-45-47-49-51-53-55-57-59-61-63-65-72(75)81-70(69-80-82(76,77)79-67-66-73(3,4)5)68-78-71(74)64-62-60-58-56-54-52-50-48-46-44-42-29-27-25-23-21-19-17-15-13-11-9-7-2/h8,10,14,16,19-22,25-28,31-32,42,44,70H,6-7,9,11-13,15,17-18,23-24,29-30,33-41,43,45-69H2,1-5H3/p+1/b10-8-,16-14-,21-19-,22-20-,27-25-,28-26-,32-31-,44-42-. The van der Waals surface area contributed by atoms with Crippen LogP contribution >= 0.6 is 7.82 Å². The number of quaternary nitrogens is 1. The van der Waals surface area contributed by atoms with Crippen LogP contribution < -0.4 is 0 Å². The predicted molar refractivity (Wildman–Crippen MR) is 353 cm³/mol. The number of rotatable bonds is 62. The van der Waals surface area contributed by atoms with Crippen LogP contribution in [0.25, 0.3) is 0 Å². The molecule has 0 radical (unpaired) electrons. The van der Waals surface area contributed by atoms with Gasteiger partial charge in [-0.3, -0.25) is 18.6 Å². The maximum absolute atomic E-state index is 12.9.